The molecule has 1 aromatic carbocycles. The molecule has 1 fully saturated rings. The van der Waals surface area contributed by atoms with Crippen LogP contribution in [0.1, 0.15) is 24.2 Å². The molecule has 0 aliphatic carbocycles. The van der Waals surface area contributed by atoms with Gasteiger partial charge in [-0.05, 0) is 25.8 Å². The fourth-order valence-electron chi connectivity index (χ4n) is 3.75. The lowest BCUT2D eigenvalue weighted by Crippen LogP contribution is -2.47. The Balaban J connectivity index is 1.92. The summed E-state index contributed by atoms with van der Waals surface area (Å²) in [6.07, 6.45) is 1.82. The van der Waals surface area contributed by atoms with E-state index in [4.69, 9.17) is 38.7 Å². The second-order valence-electron chi connectivity index (χ2n) is 7.31. The topological polar surface area (TPSA) is 84.5 Å². The highest BCUT2D eigenvalue weighted by atomic mass is 35.5. The molecule has 152 valence electrons. The van der Waals surface area contributed by atoms with Crippen molar-refractivity contribution in [2.75, 3.05) is 38.3 Å². The Bertz CT molecular complexity index is 839. The van der Waals surface area contributed by atoms with Gasteiger partial charge in [0.1, 0.15) is 5.69 Å². The van der Waals surface area contributed by atoms with E-state index >= 15 is 0 Å². The molecule has 3 N–H and O–H groups in total. The highest BCUT2D eigenvalue weighted by Crippen LogP contribution is 2.37. The molecule has 2 heterocycles. The van der Waals surface area contributed by atoms with Gasteiger partial charge in [0.25, 0.3) is 0 Å². The zero-order chi connectivity index (χ0) is 20.3. The van der Waals surface area contributed by atoms with Crippen LogP contribution in [0.5, 0.6) is 0 Å². The van der Waals surface area contributed by atoms with Gasteiger partial charge in [0.15, 0.2) is 5.82 Å². The van der Waals surface area contributed by atoms with Gasteiger partial charge < -0.3 is 20.5 Å². The Labute approximate surface area is 175 Å². The fraction of sp³-hybridized carbons (Fsp3) is 0.500. The van der Waals surface area contributed by atoms with Crippen molar-refractivity contribution in [2.45, 2.75) is 26.4 Å². The predicted octanol–water partition coefficient (Wildman–Crippen LogP) is 3.44. The van der Waals surface area contributed by atoms with Crippen molar-refractivity contribution in [3.05, 3.63) is 39.6 Å². The lowest BCUT2D eigenvalue weighted by molar-refractivity contribution is 0.0652. The molecule has 0 spiro atoms. The minimum Gasteiger partial charge on any atom is -0.390 e. The summed E-state index contributed by atoms with van der Waals surface area (Å²) in [7, 11) is 1.71. The number of aryl methyl sites for hydroxylation is 1. The molecule has 2 aromatic rings. The summed E-state index contributed by atoms with van der Waals surface area (Å²) in [6.45, 7) is 4.52. The SMILES string of the molecule is COCC1(CN)CCN(c2nc(C)c(-c3cccc(Cl)c3Cl)nc2CO)CC1. The van der Waals surface area contributed by atoms with Gasteiger partial charge in [-0.25, -0.2) is 9.97 Å². The van der Waals surface area contributed by atoms with Gasteiger partial charge in [-0.2, -0.15) is 0 Å². The smallest absolute Gasteiger partial charge is 0.153 e. The first-order chi connectivity index (χ1) is 13.4. The van der Waals surface area contributed by atoms with Crippen LogP contribution < -0.4 is 10.6 Å². The van der Waals surface area contributed by atoms with E-state index in [1.54, 1.807) is 13.2 Å². The van der Waals surface area contributed by atoms with E-state index < -0.39 is 0 Å². The van der Waals surface area contributed by atoms with Crippen LogP contribution >= 0.6 is 23.2 Å². The van der Waals surface area contributed by atoms with E-state index in [0.717, 1.165) is 31.6 Å². The van der Waals surface area contributed by atoms with Crippen LogP contribution in [0.3, 0.4) is 0 Å². The minimum atomic E-state index is -0.204. The number of halogens is 2. The molecule has 1 saturated heterocycles. The molecule has 1 aromatic heterocycles. The maximum Gasteiger partial charge on any atom is 0.153 e. The summed E-state index contributed by atoms with van der Waals surface area (Å²) in [5.74, 6) is 0.713. The number of aliphatic hydroxyl groups excluding tert-OH is 1. The van der Waals surface area contributed by atoms with E-state index in [-0.39, 0.29) is 12.0 Å². The van der Waals surface area contributed by atoms with Crippen molar-refractivity contribution in [1.29, 1.82) is 0 Å². The maximum atomic E-state index is 9.94. The number of nitrogens with two attached hydrogens (primary N) is 1. The number of hydrogen-bond acceptors (Lipinski definition) is 6. The van der Waals surface area contributed by atoms with Crippen molar-refractivity contribution in [1.82, 2.24) is 9.97 Å². The van der Waals surface area contributed by atoms with Crippen molar-refractivity contribution in [3.63, 3.8) is 0 Å². The summed E-state index contributed by atoms with van der Waals surface area (Å²) in [5, 5.41) is 10.8. The molecule has 0 atom stereocenters. The molecule has 3 rings (SSSR count). The van der Waals surface area contributed by atoms with E-state index in [1.165, 1.54) is 0 Å². The van der Waals surface area contributed by atoms with Gasteiger partial charge in [-0.1, -0.05) is 35.3 Å². The molecule has 0 radical (unpaired) electrons. The number of hydrogen-bond donors (Lipinski definition) is 2. The molecular formula is C20H26Cl2N4O2. The van der Waals surface area contributed by atoms with Crippen LogP contribution in [0.4, 0.5) is 5.82 Å². The van der Waals surface area contributed by atoms with Crippen molar-refractivity contribution < 1.29 is 9.84 Å². The zero-order valence-corrected chi connectivity index (χ0v) is 17.7. The summed E-state index contributed by atoms with van der Waals surface area (Å²) in [5.41, 5.74) is 8.62. The van der Waals surface area contributed by atoms with Crippen LogP contribution in [-0.2, 0) is 11.3 Å². The molecule has 28 heavy (non-hydrogen) atoms. The predicted molar refractivity (Wildman–Crippen MR) is 113 cm³/mol. The number of methoxy groups -OCH3 is 1. The Hall–Kier alpha value is -1.44. The molecule has 0 amide bonds. The Morgan fingerprint density at radius 3 is 2.57 bits per heavy atom. The number of nitrogens with zero attached hydrogens (tertiary/aromatic N) is 3. The quantitative estimate of drug-likeness (QED) is 0.738. The first kappa shape index (κ1) is 21.3. The molecule has 6 nitrogen and oxygen atoms in total. The summed E-state index contributed by atoms with van der Waals surface area (Å²) in [6, 6.07) is 5.41. The van der Waals surface area contributed by atoms with Gasteiger partial charge in [0.05, 0.1) is 34.6 Å². The van der Waals surface area contributed by atoms with Gasteiger partial charge >= 0.3 is 0 Å². The summed E-state index contributed by atoms with van der Waals surface area (Å²) >= 11 is 12.5. The first-order valence-corrected chi connectivity index (χ1v) is 10.1. The number of aromatic nitrogens is 2. The van der Waals surface area contributed by atoms with Crippen LogP contribution in [0.25, 0.3) is 11.3 Å². The van der Waals surface area contributed by atoms with Crippen LogP contribution in [0, 0.1) is 12.3 Å². The third-order valence-corrected chi connectivity index (χ3v) is 6.30. The molecule has 0 unspecified atom stereocenters. The molecule has 0 saturated carbocycles. The normalized spacial score (nSPS) is 16.4. The van der Waals surface area contributed by atoms with E-state index in [2.05, 4.69) is 9.88 Å². The zero-order valence-electron chi connectivity index (χ0n) is 16.2. The number of piperidine rings is 1. The fourth-order valence-corrected chi connectivity index (χ4v) is 4.14. The third-order valence-electron chi connectivity index (χ3n) is 5.48. The Morgan fingerprint density at radius 2 is 1.96 bits per heavy atom. The monoisotopic (exact) mass is 424 g/mol. The second kappa shape index (κ2) is 8.93. The lowest BCUT2D eigenvalue weighted by Gasteiger charge is -2.41. The third kappa shape index (κ3) is 4.11. The number of ether oxygens (including phenoxy) is 1. The van der Waals surface area contributed by atoms with Gasteiger partial charge in [0.2, 0.25) is 0 Å². The molecule has 8 heteroatoms. The standard InChI is InChI=1S/C20H26Cl2N4O2/c1-13-18(14-4-3-5-15(21)17(14)22)25-16(10-27)19(24-13)26-8-6-20(11-23,7-9-26)12-28-2/h3-5,27H,6-12,23H2,1-2H3. The highest BCUT2D eigenvalue weighted by molar-refractivity contribution is 6.43. The highest BCUT2D eigenvalue weighted by Gasteiger charge is 2.34. The van der Waals surface area contributed by atoms with Gasteiger partial charge in [-0.15, -0.1) is 0 Å². The summed E-state index contributed by atoms with van der Waals surface area (Å²) in [4.78, 5) is 11.6. The average molecular weight is 425 g/mol. The van der Waals surface area contributed by atoms with Crippen molar-refractivity contribution in [3.8, 4) is 11.3 Å². The van der Waals surface area contributed by atoms with E-state index in [1.807, 2.05) is 19.1 Å². The Morgan fingerprint density at radius 1 is 1.25 bits per heavy atom. The maximum absolute atomic E-state index is 9.94. The van der Waals surface area contributed by atoms with Gasteiger partial charge in [-0.3, -0.25) is 0 Å². The van der Waals surface area contributed by atoms with E-state index in [0.29, 0.717) is 46.0 Å². The lowest BCUT2D eigenvalue weighted by atomic mass is 9.79. The molecule has 0 bridgehead atoms. The minimum absolute atomic E-state index is 0.00134. The number of aliphatic hydroxyl groups is 1. The molecular weight excluding hydrogens is 399 g/mol. The van der Waals surface area contributed by atoms with Crippen LogP contribution in [-0.4, -0.2) is 48.4 Å². The first-order valence-electron chi connectivity index (χ1n) is 9.31. The Kier molecular flexibility index (Phi) is 6.78. The second-order valence-corrected chi connectivity index (χ2v) is 8.10. The van der Waals surface area contributed by atoms with Crippen molar-refractivity contribution in [2.24, 2.45) is 11.1 Å². The van der Waals surface area contributed by atoms with Crippen LogP contribution in [0.2, 0.25) is 10.0 Å². The molecule has 1 aliphatic rings. The average Bonchev–Trinajstić information content (AvgIpc) is 2.71. The van der Waals surface area contributed by atoms with E-state index in [9.17, 15) is 5.11 Å². The largest absolute Gasteiger partial charge is 0.390 e. The molecule has 1 aliphatic heterocycles. The number of rotatable bonds is 6. The van der Waals surface area contributed by atoms with Crippen LogP contribution in [0.15, 0.2) is 18.2 Å². The number of anilines is 1. The summed E-state index contributed by atoms with van der Waals surface area (Å²) < 4.78 is 5.38. The van der Waals surface area contributed by atoms with Crippen molar-refractivity contribution >= 4 is 29.0 Å². The van der Waals surface area contributed by atoms with Gasteiger partial charge in [0, 0.05) is 37.7 Å². The number of benzene rings is 1.